The van der Waals surface area contributed by atoms with Crippen LogP contribution < -0.4 is 0 Å². The maximum Gasteiger partial charge on any atom is 0.227 e. The highest BCUT2D eigenvalue weighted by Crippen LogP contribution is 2.27. The number of benzene rings is 1. The molecule has 3 nitrogen and oxygen atoms in total. The molecule has 0 bridgehead atoms. The SMILES string of the molecule is CC(O)Cc1cnc(-c2ccccc2Cl)o1. The Morgan fingerprint density at radius 2 is 2.19 bits per heavy atom. The van der Waals surface area contributed by atoms with E-state index in [1.807, 2.05) is 18.2 Å². The third-order valence-electron chi connectivity index (χ3n) is 2.15. The molecule has 2 rings (SSSR count). The lowest BCUT2D eigenvalue weighted by molar-refractivity contribution is 0.187. The molecule has 1 N–H and O–H groups in total. The molecular formula is C12H12ClNO2. The zero-order chi connectivity index (χ0) is 11.5. The van der Waals surface area contributed by atoms with Gasteiger partial charge >= 0.3 is 0 Å². The summed E-state index contributed by atoms with van der Waals surface area (Å²) in [5, 5.41) is 9.83. The number of rotatable bonds is 3. The molecule has 16 heavy (non-hydrogen) atoms. The molecule has 84 valence electrons. The van der Waals surface area contributed by atoms with E-state index in [0.717, 1.165) is 5.56 Å². The predicted molar refractivity (Wildman–Crippen MR) is 62.3 cm³/mol. The van der Waals surface area contributed by atoms with Crippen molar-refractivity contribution in [2.75, 3.05) is 0 Å². The molecule has 0 saturated heterocycles. The molecule has 1 aromatic heterocycles. The quantitative estimate of drug-likeness (QED) is 0.893. The second-order valence-electron chi connectivity index (χ2n) is 3.66. The van der Waals surface area contributed by atoms with Gasteiger partial charge in [0.2, 0.25) is 5.89 Å². The highest BCUT2D eigenvalue weighted by Gasteiger charge is 2.10. The van der Waals surface area contributed by atoms with E-state index in [1.165, 1.54) is 0 Å². The summed E-state index contributed by atoms with van der Waals surface area (Å²) in [6.45, 7) is 1.71. The first-order valence-corrected chi connectivity index (χ1v) is 5.42. The fourth-order valence-corrected chi connectivity index (χ4v) is 1.67. The van der Waals surface area contributed by atoms with E-state index in [2.05, 4.69) is 4.98 Å². The van der Waals surface area contributed by atoms with Crippen LogP contribution in [0.2, 0.25) is 5.02 Å². The lowest BCUT2D eigenvalue weighted by atomic mass is 10.2. The molecule has 0 saturated carbocycles. The van der Waals surface area contributed by atoms with Crippen molar-refractivity contribution in [1.29, 1.82) is 0 Å². The lowest BCUT2D eigenvalue weighted by Gasteiger charge is -2.00. The van der Waals surface area contributed by atoms with E-state index in [0.29, 0.717) is 23.1 Å². The van der Waals surface area contributed by atoms with E-state index in [4.69, 9.17) is 16.0 Å². The fraction of sp³-hybridized carbons (Fsp3) is 0.250. The number of aliphatic hydroxyl groups excluding tert-OH is 1. The standard InChI is InChI=1S/C12H12ClNO2/c1-8(15)6-9-7-14-12(16-9)10-4-2-3-5-11(10)13/h2-5,7-8,15H,6H2,1H3. The first kappa shape index (κ1) is 11.2. The summed E-state index contributed by atoms with van der Waals surface area (Å²) in [4.78, 5) is 4.14. The van der Waals surface area contributed by atoms with Crippen molar-refractivity contribution in [2.24, 2.45) is 0 Å². The average Bonchev–Trinajstić information content (AvgIpc) is 2.66. The third-order valence-corrected chi connectivity index (χ3v) is 2.48. The molecule has 2 aromatic rings. The smallest absolute Gasteiger partial charge is 0.227 e. The van der Waals surface area contributed by atoms with Gasteiger partial charge in [0.25, 0.3) is 0 Å². The van der Waals surface area contributed by atoms with Gasteiger partial charge in [0.15, 0.2) is 0 Å². The van der Waals surface area contributed by atoms with Gasteiger partial charge in [0, 0.05) is 6.42 Å². The maximum absolute atomic E-state index is 9.23. The highest BCUT2D eigenvalue weighted by molar-refractivity contribution is 6.33. The summed E-state index contributed by atoms with van der Waals surface area (Å²) in [5.41, 5.74) is 0.765. The molecule has 0 amide bonds. The number of oxazole rings is 1. The van der Waals surface area contributed by atoms with Crippen LogP contribution in [0.1, 0.15) is 12.7 Å². The first-order chi connectivity index (χ1) is 7.66. The van der Waals surface area contributed by atoms with Crippen molar-refractivity contribution in [1.82, 2.24) is 4.98 Å². The molecule has 4 heteroatoms. The second-order valence-corrected chi connectivity index (χ2v) is 4.07. The Morgan fingerprint density at radius 1 is 1.44 bits per heavy atom. The third kappa shape index (κ3) is 2.43. The summed E-state index contributed by atoms with van der Waals surface area (Å²) in [6, 6.07) is 7.36. The minimum Gasteiger partial charge on any atom is -0.441 e. The van der Waals surface area contributed by atoms with Crippen LogP contribution in [0.25, 0.3) is 11.5 Å². The number of halogens is 1. The van der Waals surface area contributed by atoms with Crippen molar-refractivity contribution in [3.8, 4) is 11.5 Å². The molecule has 1 atom stereocenters. The van der Waals surface area contributed by atoms with Crippen molar-refractivity contribution in [3.63, 3.8) is 0 Å². The summed E-state index contributed by atoms with van der Waals surface area (Å²) in [5.74, 6) is 1.14. The normalized spacial score (nSPS) is 12.7. The van der Waals surface area contributed by atoms with Gasteiger partial charge in [-0.05, 0) is 19.1 Å². The Labute approximate surface area is 98.7 Å². The molecule has 1 unspecified atom stereocenters. The van der Waals surface area contributed by atoms with Crippen LogP contribution in [-0.4, -0.2) is 16.2 Å². The number of nitrogens with zero attached hydrogens (tertiary/aromatic N) is 1. The Morgan fingerprint density at radius 3 is 2.88 bits per heavy atom. The van der Waals surface area contributed by atoms with Crippen LogP contribution in [0.15, 0.2) is 34.9 Å². The van der Waals surface area contributed by atoms with Crippen molar-refractivity contribution >= 4 is 11.6 Å². The molecule has 0 aliphatic carbocycles. The minimum absolute atomic E-state index is 0.438. The van der Waals surface area contributed by atoms with Gasteiger partial charge in [0.05, 0.1) is 22.9 Å². The molecule has 0 radical (unpaired) electrons. The molecular weight excluding hydrogens is 226 g/mol. The molecule has 0 aliphatic heterocycles. The number of aromatic nitrogens is 1. The second kappa shape index (κ2) is 4.68. The summed E-state index contributed by atoms with van der Waals surface area (Å²) < 4.78 is 5.51. The van der Waals surface area contributed by atoms with Crippen molar-refractivity contribution in [2.45, 2.75) is 19.4 Å². The number of aliphatic hydroxyl groups is 1. The van der Waals surface area contributed by atoms with Gasteiger partial charge in [-0.2, -0.15) is 0 Å². The molecule has 0 spiro atoms. The average molecular weight is 238 g/mol. The van der Waals surface area contributed by atoms with Crippen LogP contribution >= 0.6 is 11.6 Å². The number of hydrogen-bond acceptors (Lipinski definition) is 3. The highest BCUT2D eigenvalue weighted by atomic mass is 35.5. The van der Waals surface area contributed by atoms with Gasteiger partial charge < -0.3 is 9.52 Å². The minimum atomic E-state index is -0.438. The van der Waals surface area contributed by atoms with Crippen LogP contribution in [0, 0.1) is 0 Å². The van der Waals surface area contributed by atoms with Gasteiger partial charge in [0.1, 0.15) is 5.76 Å². The largest absolute Gasteiger partial charge is 0.441 e. The predicted octanol–water partition coefficient (Wildman–Crippen LogP) is 2.92. The first-order valence-electron chi connectivity index (χ1n) is 5.04. The van der Waals surface area contributed by atoms with Crippen LogP contribution in [-0.2, 0) is 6.42 Å². The van der Waals surface area contributed by atoms with Crippen LogP contribution in [0.4, 0.5) is 0 Å². The van der Waals surface area contributed by atoms with Crippen LogP contribution in [0.3, 0.4) is 0 Å². The van der Waals surface area contributed by atoms with E-state index >= 15 is 0 Å². The van der Waals surface area contributed by atoms with Gasteiger partial charge in [-0.15, -0.1) is 0 Å². The van der Waals surface area contributed by atoms with E-state index in [1.54, 1.807) is 19.2 Å². The lowest BCUT2D eigenvalue weighted by Crippen LogP contribution is -2.02. The Bertz CT molecular complexity index is 479. The van der Waals surface area contributed by atoms with Crippen molar-refractivity contribution < 1.29 is 9.52 Å². The van der Waals surface area contributed by atoms with E-state index < -0.39 is 6.10 Å². The maximum atomic E-state index is 9.23. The molecule has 0 fully saturated rings. The Kier molecular flexibility index (Phi) is 3.27. The zero-order valence-electron chi connectivity index (χ0n) is 8.85. The zero-order valence-corrected chi connectivity index (χ0v) is 9.61. The topological polar surface area (TPSA) is 46.3 Å². The van der Waals surface area contributed by atoms with Crippen molar-refractivity contribution in [3.05, 3.63) is 41.2 Å². The van der Waals surface area contributed by atoms with Gasteiger partial charge in [-0.1, -0.05) is 23.7 Å². The molecule has 1 aromatic carbocycles. The Balaban J connectivity index is 2.28. The molecule has 0 aliphatic rings. The van der Waals surface area contributed by atoms with Gasteiger partial charge in [-0.25, -0.2) is 4.98 Å². The Hall–Kier alpha value is -1.32. The van der Waals surface area contributed by atoms with Crippen LogP contribution in [0.5, 0.6) is 0 Å². The monoisotopic (exact) mass is 237 g/mol. The number of hydrogen-bond donors (Lipinski definition) is 1. The molecule has 1 heterocycles. The van der Waals surface area contributed by atoms with E-state index in [-0.39, 0.29) is 0 Å². The van der Waals surface area contributed by atoms with E-state index in [9.17, 15) is 5.11 Å². The fourth-order valence-electron chi connectivity index (χ4n) is 1.45. The summed E-state index contributed by atoms with van der Waals surface area (Å²) in [6.07, 6.45) is 1.63. The summed E-state index contributed by atoms with van der Waals surface area (Å²) >= 11 is 6.02. The van der Waals surface area contributed by atoms with Gasteiger partial charge in [-0.3, -0.25) is 0 Å². The summed E-state index contributed by atoms with van der Waals surface area (Å²) in [7, 11) is 0.